The first-order chi connectivity index (χ1) is 10.0. The van der Waals surface area contributed by atoms with Crippen molar-refractivity contribution in [1.29, 1.82) is 0 Å². The maximum absolute atomic E-state index is 12.7. The summed E-state index contributed by atoms with van der Waals surface area (Å²) in [6, 6.07) is 11.2. The molecule has 1 aliphatic heterocycles. The van der Waals surface area contributed by atoms with E-state index >= 15 is 0 Å². The van der Waals surface area contributed by atoms with E-state index in [2.05, 4.69) is 15.9 Å². The second-order valence-corrected chi connectivity index (χ2v) is 6.45. The van der Waals surface area contributed by atoms with Gasteiger partial charge in [-0.3, -0.25) is 4.79 Å². The normalized spacial score (nSPS) is 13.9. The highest BCUT2D eigenvalue weighted by molar-refractivity contribution is 9.10. The van der Waals surface area contributed by atoms with Gasteiger partial charge in [0.1, 0.15) is 0 Å². The zero-order chi connectivity index (χ0) is 15.0. The number of anilines is 1. The lowest BCUT2D eigenvalue weighted by atomic mass is 9.98. The van der Waals surface area contributed by atoms with E-state index in [1.54, 1.807) is 12.1 Å². The third-order valence-corrected chi connectivity index (χ3v) is 4.51. The third kappa shape index (κ3) is 2.92. The van der Waals surface area contributed by atoms with Gasteiger partial charge in [-0.05, 0) is 47.9 Å². The largest absolute Gasteiger partial charge is 0.399 e. The Labute approximate surface area is 136 Å². The second kappa shape index (κ2) is 5.70. The van der Waals surface area contributed by atoms with Gasteiger partial charge in [0.05, 0.1) is 10.6 Å². The number of benzene rings is 2. The van der Waals surface area contributed by atoms with Crippen LogP contribution in [0.1, 0.15) is 21.5 Å². The molecule has 1 heterocycles. The van der Waals surface area contributed by atoms with Gasteiger partial charge in [-0.25, -0.2) is 0 Å². The van der Waals surface area contributed by atoms with Gasteiger partial charge < -0.3 is 10.6 Å². The molecular weight excluding hydrogens is 352 g/mol. The Hall–Kier alpha value is -1.52. The molecule has 3 nitrogen and oxygen atoms in total. The van der Waals surface area contributed by atoms with E-state index in [4.69, 9.17) is 17.3 Å². The van der Waals surface area contributed by atoms with Crippen LogP contribution in [0.5, 0.6) is 0 Å². The smallest absolute Gasteiger partial charge is 0.255 e. The standard InChI is InChI=1S/C16H14BrClN2O/c17-12-2-4-15(18)14(8-12)16(21)20-6-5-10-1-3-13(19)7-11(10)9-20/h1-4,7-8H,5-6,9,19H2. The predicted molar refractivity (Wildman–Crippen MR) is 88.5 cm³/mol. The first kappa shape index (κ1) is 14.4. The first-order valence-corrected chi connectivity index (χ1v) is 7.83. The summed E-state index contributed by atoms with van der Waals surface area (Å²) in [6.45, 7) is 1.26. The summed E-state index contributed by atoms with van der Waals surface area (Å²) in [5.74, 6) is -0.0469. The fourth-order valence-electron chi connectivity index (χ4n) is 2.58. The molecule has 0 aromatic heterocycles. The predicted octanol–water partition coefficient (Wildman–Crippen LogP) is 3.88. The number of carbonyl (C=O) groups excluding carboxylic acids is 1. The van der Waals surface area contributed by atoms with Gasteiger partial charge in [-0.1, -0.05) is 33.6 Å². The number of fused-ring (bicyclic) bond motifs is 1. The van der Waals surface area contributed by atoms with Crippen LogP contribution in [-0.4, -0.2) is 17.4 Å². The van der Waals surface area contributed by atoms with Crippen molar-refractivity contribution >= 4 is 39.1 Å². The summed E-state index contributed by atoms with van der Waals surface area (Å²) in [4.78, 5) is 14.5. The number of carbonyl (C=O) groups is 1. The van der Waals surface area contributed by atoms with Crippen LogP contribution in [0.25, 0.3) is 0 Å². The Morgan fingerprint density at radius 3 is 2.81 bits per heavy atom. The monoisotopic (exact) mass is 364 g/mol. The van der Waals surface area contributed by atoms with E-state index < -0.39 is 0 Å². The molecule has 0 fully saturated rings. The summed E-state index contributed by atoms with van der Waals surface area (Å²) in [7, 11) is 0. The molecular formula is C16H14BrClN2O. The molecule has 0 saturated carbocycles. The van der Waals surface area contributed by atoms with Crippen molar-refractivity contribution in [2.24, 2.45) is 0 Å². The molecule has 0 radical (unpaired) electrons. The van der Waals surface area contributed by atoms with E-state index in [0.29, 0.717) is 23.7 Å². The molecule has 1 aliphatic rings. The zero-order valence-electron chi connectivity index (χ0n) is 11.3. The third-order valence-electron chi connectivity index (χ3n) is 3.69. The van der Waals surface area contributed by atoms with Crippen molar-refractivity contribution in [2.45, 2.75) is 13.0 Å². The van der Waals surface area contributed by atoms with Crippen molar-refractivity contribution in [3.05, 3.63) is 62.6 Å². The van der Waals surface area contributed by atoms with Crippen LogP contribution < -0.4 is 5.73 Å². The molecule has 108 valence electrons. The Morgan fingerprint density at radius 2 is 2.00 bits per heavy atom. The van der Waals surface area contributed by atoms with Crippen molar-refractivity contribution in [3.8, 4) is 0 Å². The molecule has 0 bridgehead atoms. The van der Waals surface area contributed by atoms with Gasteiger partial charge in [-0.15, -0.1) is 0 Å². The minimum atomic E-state index is -0.0469. The molecule has 2 N–H and O–H groups in total. The van der Waals surface area contributed by atoms with Crippen LogP contribution in [0.2, 0.25) is 5.02 Å². The average Bonchev–Trinajstić information content (AvgIpc) is 2.48. The lowest BCUT2D eigenvalue weighted by molar-refractivity contribution is 0.0735. The number of nitrogens with zero attached hydrogens (tertiary/aromatic N) is 1. The van der Waals surface area contributed by atoms with E-state index in [1.165, 1.54) is 5.56 Å². The lowest BCUT2D eigenvalue weighted by Crippen LogP contribution is -2.36. The van der Waals surface area contributed by atoms with E-state index in [0.717, 1.165) is 22.1 Å². The molecule has 0 aliphatic carbocycles. The number of nitrogens with two attached hydrogens (primary N) is 1. The molecule has 5 heteroatoms. The number of amides is 1. The van der Waals surface area contributed by atoms with Crippen molar-refractivity contribution in [1.82, 2.24) is 4.90 Å². The number of rotatable bonds is 1. The summed E-state index contributed by atoms with van der Waals surface area (Å²) in [5, 5.41) is 0.474. The van der Waals surface area contributed by atoms with E-state index in [-0.39, 0.29) is 5.91 Å². The van der Waals surface area contributed by atoms with Gasteiger partial charge in [0.15, 0.2) is 0 Å². The van der Waals surface area contributed by atoms with Crippen LogP contribution >= 0.6 is 27.5 Å². The topological polar surface area (TPSA) is 46.3 Å². The molecule has 21 heavy (non-hydrogen) atoms. The van der Waals surface area contributed by atoms with Crippen LogP contribution in [0.4, 0.5) is 5.69 Å². The van der Waals surface area contributed by atoms with Gasteiger partial charge in [0.2, 0.25) is 0 Å². The Kier molecular flexibility index (Phi) is 3.91. The van der Waals surface area contributed by atoms with Crippen molar-refractivity contribution in [3.63, 3.8) is 0 Å². The summed E-state index contributed by atoms with van der Waals surface area (Å²) in [6.07, 6.45) is 0.840. The minimum absolute atomic E-state index is 0.0469. The van der Waals surface area contributed by atoms with Crippen LogP contribution in [0.15, 0.2) is 40.9 Å². The molecule has 0 saturated heterocycles. The molecule has 0 unspecified atom stereocenters. The minimum Gasteiger partial charge on any atom is -0.399 e. The summed E-state index contributed by atoms with van der Waals surface area (Å²) >= 11 is 9.53. The van der Waals surface area contributed by atoms with E-state index in [9.17, 15) is 4.79 Å². The average molecular weight is 366 g/mol. The zero-order valence-corrected chi connectivity index (χ0v) is 13.6. The Balaban J connectivity index is 1.88. The van der Waals surface area contributed by atoms with Crippen LogP contribution in [-0.2, 0) is 13.0 Å². The van der Waals surface area contributed by atoms with Gasteiger partial charge in [-0.2, -0.15) is 0 Å². The molecule has 0 atom stereocenters. The van der Waals surface area contributed by atoms with Gasteiger partial charge in [0.25, 0.3) is 5.91 Å². The molecule has 1 amide bonds. The number of hydrogen-bond donors (Lipinski definition) is 1. The quantitative estimate of drug-likeness (QED) is 0.780. The van der Waals surface area contributed by atoms with Crippen LogP contribution in [0.3, 0.4) is 0 Å². The highest BCUT2D eigenvalue weighted by atomic mass is 79.9. The van der Waals surface area contributed by atoms with Gasteiger partial charge in [0, 0.05) is 23.2 Å². The highest BCUT2D eigenvalue weighted by Gasteiger charge is 2.23. The first-order valence-electron chi connectivity index (χ1n) is 6.66. The lowest BCUT2D eigenvalue weighted by Gasteiger charge is -2.29. The Bertz CT molecular complexity index is 717. The fraction of sp³-hybridized carbons (Fsp3) is 0.188. The Morgan fingerprint density at radius 1 is 1.19 bits per heavy atom. The molecule has 2 aromatic rings. The SMILES string of the molecule is Nc1ccc2c(c1)CN(C(=O)c1cc(Br)ccc1Cl)CC2. The van der Waals surface area contributed by atoms with Crippen molar-refractivity contribution < 1.29 is 4.79 Å². The maximum atomic E-state index is 12.7. The number of nitrogen functional groups attached to an aromatic ring is 1. The molecule has 3 rings (SSSR count). The number of hydrogen-bond acceptors (Lipinski definition) is 2. The maximum Gasteiger partial charge on any atom is 0.255 e. The van der Waals surface area contributed by atoms with Gasteiger partial charge >= 0.3 is 0 Å². The fourth-order valence-corrected chi connectivity index (χ4v) is 3.14. The summed E-state index contributed by atoms with van der Waals surface area (Å²) < 4.78 is 0.844. The molecule has 2 aromatic carbocycles. The van der Waals surface area contributed by atoms with Crippen LogP contribution in [0, 0.1) is 0 Å². The molecule has 0 spiro atoms. The second-order valence-electron chi connectivity index (χ2n) is 5.13. The van der Waals surface area contributed by atoms with E-state index in [1.807, 2.05) is 29.2 Å². The number of halogens is 2. The van der Waals surface area contributed by atoms with Crippen molar-refractivity contribution in [2.75, 3.05) is 12.3 Å². The summed E-state index contributed by atoms with van der Waals surface area (Å²) in [5.41, 5.74) is 9.45. The highest BCUT2D eigenvalue weighted by Crippen LogP contribution is 2.26.